The van der Waals surface area contributed by atoms with Crippen molar-refractivity contribution in [3.8, 4) is 0 Å². The Bertz CT molecular complexity index is 843. The lowest BCUT2D eigenvalue weighted by Crippen LogP contribution is -2.08. The molecule has 0 fully saturated rings. The topological polar surface area (TPSA) is 43.1 Å². The summed E-state index contributed by atoms with van der Waals surface area (Å²) in [5.74, 6) is -0.0473. The van der Waals surface area contributed by atoms with Crippen LogP contribution in [0.3, 0.4) is 0 Å². The Morgan fingerprint density at radius 2 is 1.62 bits per heavy atom. The number of nitro benzene ring substituents is 1. The summed E-state index contributed by atoms with van der Waals surface area (Å²) in [6.07, 6.45) is 0.731. The van der Waals surface area contributed by atoms with E-state index in [1.54, 1.807) is 12.1 Å². The van der Waals surface area contributed by atoms with Gasteiger partial charge in [0.05, 0.1) is 4.92 Å². The molecule has 0 aliphatic rings. The van der Waals surface area contributed by atoms with E-state index in [2.05, 4.69) is 24.3 Å². The van der Waals surface area contributed by atoms with E-state index in [1.807, 2.05) is 49.4 Å². The summed E-state index contributed by atoms with van der Waals surface area (Å²) in [5.41, 5.74) is 4.37. The maximum Gasteiger partial charge on any atom is 0.273 e. The number of hydrogen-bond donors (Lipinski definition) is 0. The number of nitrogens with zero attached hydrogens (tertiary/aromatic N) is 1. The van der Waals surface area contributed by atoms with Crippen molar-refractivity contribution in [2.24, 2.45) is 0 Å². The van der Waals surface area contributed by atoms with Gasteiger partial charge in [0.2, 0.25) is 0 Å². The summed E-state index contributed by atoms with van der Waals surface area (Å²) in [5, 5.41) is 11.5. The lowest BCUT2D eigenvalue weighted by atomic mass is 9.84. The lowest BCUT2D eigenvalue weighted by molar-refractivity contribution is -0.385. The molecule has 3 aromatic rings. The van der Waals surface area contributed by atoms with Crippen molar-refractivity contribution in [2.75, 3.05) is 0 Å². The molecule has 0 saturated heterocycles. The Kier molecular flexibility index (Phi) is 4.71. The van der Waals surface area contributed by atoms with Gasteiger partial charge >= 0.3 is 0 Å². The highest BCUT2D eigenvalue weighted by atomic mass is 16.6. The standard InChI is InChI=1S/C21H19NO2/c1-16-8-7-11-18(14-16)20(15-17-9-3-2-4-10-17)19-12-5-6-13-21(19)22(23)24/h2-14,20H,15H2,1H3. The summed E-state index contributed by atoms with van der Waals surface area (Å²) in [4.78, 5) is 11.2. The first-order valence-corrected chi connectivity index (χ1v) is 7.99. The number of hydrogen-bond acceptors (Lipinski definition) is 2. The molecule has 3 rings (SSSR count). The van der Waals surface area contributed by atoms with Crippen molar-refractivity contribution in [3.63, 3.8) is 0 Å². The second kappa shape index (κ2) is 7.09. The molecule has 0 saturated carbocycles. The van der Waals surface area contributed by atoms with Gasteiger partial charge in [0.15, 0.2) is 0 Å². The van der Waals surface area contributed by atoms with E-state index < -0.39 is 0 Å². The third kappa shape index (κ3) is 3.51. The largest absolute Gasteiger partial charge is 0.273 e. The highest BCUT2D eigenvalue weighted by molar-refractivity contribution is 5.48. The zero-order chi connectivity index (χ0) is 16.9. The molecule has 0 bridgehead atoms. The summed E-state index contributed by atoms with van der Waals surface area (Å²) in [7, 11) is 0. The minimum absolute atomic E-state index is 0.0473. The van der Waals surface area contributed by atoms with Gasteiger partial charge in [0, 0.05) is 17.5 Å². The van der Waals surface area contributed by atoms with E-state index in [0.717, 1.165) is 23.1 Å². The summed E-state index contributed by atoms with van der Waals surface area (Å²) in [6.45, 7) is 2.04. The second-order valence-corrected chi connectivity index (χ2v) is 5.97. The number of aryl methyl sites for hydroxylation is 1. The van der Waals surface area contributed by atoms with Crippen LogP contribution in [-0.2, 0) is 6.42 Å². The van der Waals surface area contributed by atoms with Gasteiger partial charge in [0.25, 0.3) is 5.69 Å². The van der Waals surface area contributed by atoms with Gasteiger partial charge in [-0.05, 0) is 24.5 Å². The van der Waals surface area contributed by atoms with Gasteiger partial charge in [0.1, 0.15) is 0 Å². The second-order valence-electron chi connectivity index (χ2n) is 5.97. The van der Waals surface area contributed by atoms with Gasteiger partial charge in [-0.3, -0.25) is 10.1 Å². The average Bonchev–Trinajstić information content (AvgIpc) is 2.60. The van der Waals surface area contributed by atoms with Crippen LogP contribution in [0.25, 0.3) is 0 Å². The van der Waals surface area contributed by atoms with Crippen LogP contribution in [0.4, 0.5) is 5.69 Å². The van der Waals surface area contributed by atoms with Crippen LogP contribution >= 0.6 is 0 Å². The van der Waals surface area contributed by atoms with Crippen LogP contribution in [0.15, 0.2) is 78.9 Å². The van der Waals surface area contributed by atoms with Crippen molar-refractivity contribution in [1.29, 1.82) is 0 Å². The van der Waals surface area contributed by atoms with Crippen LogP contribution in [-0.4, -0.2) is 4.92 Å². The molecule has 0 aliphatic heterocycles. The molecule has 0 aromatic heterocycles. The molecule has 24 heavy (non-hydrogen) atoms. The van der Waals surface area contributed by atoms with Crippen LogP contribution in [0.5, 0.6) is 0 Å². The first-order chi connectivity index (χ1) is 11.6. The molecule has 3 nitrogen and oxygen atoms in total. The van der Waals surface area contributed by atoms with E-state index in [1.165, 1.54) is 5.56 Å². The maximum absolute atomic E-state index is 11.5. The highest BCUT2D eigenvalue weighted by Crippen LogP contribution is 2.34. The molecule has 0 amide bonds. The number of nitro groups is 1. The Balaban J connectivity index is 2.10. The monoisotopic (exact) mass is 317 g/mol. The fourth-order valence-electron chi connectivity index (χ4n) is 3.09. The lowest BCUT2D eigenvalue weighted by Gasteiger charge is -2.19. The number of benzene rings is 3. The normalized spacial score (nSPS) is 11.9. The molecule has 0 aliphatic carbocycles. The summed E-state index contributed by atoms with van der Waals surface area (Å²) < 4.78 is 0. The molecule has 1 unspecified atom stereocenters. The Morgan fingerprint density at radius 1 is 0.917 bits per heavy atom. The molecular formula is C21H19NO2. The molecular weight excluding hydrogens is 298 g/mol. The van der Waals surface area contributed by atoms with E-state index in [-0.39, 0.29) is 16.5 Å². The summed E-state index contributed by atoms with van der Waals surface area (Å²) in [6, 6.07) is 25.4. The van der Waals surface area contributed by atoms with Gasteiger partial charge in [-0.2, -0.15) is 0 Å². The van der Waals surface area contributed by atoms with Crippen LogP contribution in [0.2, 0.25) is 0 Å². The molecule has 0 heterocycles. The minimum Gasteiger partial charge on any atom is -0.258 e. The van der Waals surface area contributed by atoms with E-state index in [9.17, 15) is 10.1 Å². The first kappa shape index (κ1) is 15.9. The minimum atomic E-state index is -0.289. The Labute approximate surface area is 141 Å². The fraction of sp³-hybridized carbons (Fsp3) is 0.143. The first-order valence-electron chi connectivity index (χ1n) is 7.99. The third-order valence-corrected chi connectivity index (χ3v) is 4.24. The SMILES string of the molecule is Cc1cccc(C(Cc2ccccc2)c2ccccc2[N+](=O)[O-])c1. The zero-order valence-corrected chi connectivity index (χ0v) is 13.6. The van der Waals surface area contributed by atoms with Crippen molar-refractivity contribution in [3.05, 3.63) is 111 Å². The van der Waals surface area contributed by atoms with Crippen LogP contribution < -0.4 is 0 Å². The zero-order valence-electron chi connectivity index (χ0n) is 13.6. The molecule has 0 N–H and O–H groups in total. The van der Waals surface area contributed by atoms with Crippen molar-refractivity contribution in [2.45, 2.75) is 19.3 Å². The Hall–Kier alpha value is -2.94. The molecule has 0 spiro atoms. The quantitative estimate of drug-likeness (QED) is 0.475. The number of rotatable bonds is 5. The molecule has 0 radical (unpaired) electrons. The predicted molar refractivity (Wildman–Crippen MR) is 96.3 cm³/mol. The molecule has 120 valence electrons. The van der Waals surface area contributed by atoms with Crippen molar-refractivity contribution in [1.82, 2.24) is 0 Å². The summed E-state index contributed by atoms with van der Waals surface area (Å²) >= 11 is 0. The number of para-hydroxylation sites is 1. The van der Waals surface area contributed by atoms with E-state index in [4.69, 9.17) is 0 Å². The average molecular weight is 317 g/mol. The Morgan fingerprint density at radius 3 is 2.33 bits per heavy atom. The van der Waals surface area contributed by atoms with Gasteiger partial charge in [-0.15, -0.1) is 0 Å². The van der Waals surface area contributed by atoms with Crippen molar-refractivity contribution >= 4 is 5.69 Å². The van der Waals surface area contributed by atoms with Gasteiger partial charge < -0.3 is 0 Å². The van der Waals surface area contributed by atoms with Crippen LogP contribution in [0.1, 0.15) is 28.2 Å². The maximum atomic E-state index is 11.5. The highest BCUT2D eigenvalue weighted by Gasteiger charge is 2.23. The fourth-order valence-corrected chi connectivity index (χ4v) is 3.09. The molecule has 3 aromatic carbocycles. The van der Waals surface area contributed by atoms with Crippen molar-refractivity contribution < 1.29 is 4.92 Å². The molecule has 3 heteroatoms. The van der Waals surface area contributed by atoms with Gasteiger partial charge in [-0.25, -0.2) is 0 Å². The molecule has 1 atom stereocenters. The smallest absolute Gasteiger partial charge is 0.258 e. The van der Waals surface area contributed by atoms with E-state index >= 15 is 0 Å². The van der Waals surface area contributed by atoms with E-state index in [0.29, 0.717) is 0 Å². The predicted octanol–water partition coefficient (Wildman–Crippen LogP) is 5.28. The third-order valence-electron chi connectivity index (χ3n) is 4.24. The van der Waals surface area contributed by atoms with Gasteiger partial charge in [-0.1, -0.05) is 78.4 Å². The van der Waals surface area contributed by atoms with Crippen LogP contribution in [0, 0.1) is 17.0 Å².